The van der Waals surface area contributed by atoms with E-state index in [4.69, 9.17) is 0 Å². The molecule has 3 rings (SSSR count). The predicted octanol–water partition coefficient (Wildman–Crippen LogP) is 2.39. The normalized spacial score (nSPS) is 31.1. The van der Waals surface area contributed by atoms with Gasteiger partial charge in [0.25, 0.3) is 0 Å². The van der Waals surface area contributed by atoms with Crippen LogP contribution in [-0.2, 0) is 9.59 Å². The van der Waals surface area contributed by atoms with Gasteiger partial charge < -0.3 is 10.4 Å². The number of amides is 1. The van der Waals surface area contributed by atoms with Crippen LogP contribution in [0, 0.1) is 23.7 Å². The molecule has 4 heteroatoms. The van der Waals surface area contributed by atoms with Crippen LogP contribution < -0.4 is 5.32 Å². The molecule has 2 N–H and O–H groups in total. The standard InChI is InChI=1S/C17H19NO3/c1-10(11-5-3-2-4-6-11)18-16(19)14-12-7-8-13(9-12)15(14)17(20)21/h2-8,10,12-15H,9H2,1H3,(H,18,19)(H,20,21)/t10-,12?,13?,14?,15?/m0/s1. The number of aliphatic carboxylic acids is 1. The summed E-state index contributed by atoms with van der Waals surface area (Å²) in [5, 5.41) is 12.4. The van der Waals surface area contributed by atoms with Crippen molar-refractivity contribution in [3.8, 4) is 0 Å². The number of carboxylic acid groups (broad SMARTS) is 1. The third-order valence-corrected chi connectivity index (χ3v) is 4.71. The second-order valence-electron chi connectivity index (χ2n) is 5.98. The molecule has 0 radical (unpaired) electrons. The Bertz CT molecular complexity index is 581. The fourth-order valence-electron chi connectivity index (χ4n) is 3.65. The van der Waals surface area contributed by atoms with Gasteiger partial charge in [-0.05, 0) is 30.7 Å². The van der Waals surface area contributed by atoms with E-state index in [1.807, 2.05) is 49.4 Å². The van der Waals surface area contributed by atoms with Crippen LogP contribution in [0.5, 0.6) is 0 Å². The van der Waals surface area contributed by atoms with E-state index in [2.05, 4.69) is 5.32 Å². The highest BCUT2D eigenvalue weighted by molar-refractivity contribution is 5.87. The van der Waals surface area contributed by atoms with Crippen molar-refractivity contribution < 1.29 is 14.7 Å². The Balaban J connectivity index is 1.73. The van der Waals surface area contributed by atoms with Crippen LogP contribution in [0.15, 0.2) is 42.5 Å². The van der Waals surface area contributed by atoms with Crippen LogP contribution in [0.4, 0.5) is 0 Å². The molecule has 0 aromatic heterocycles. The minimum absolute atomic E-state index is 0.00952. The van der Waals surface area contributed by atoms with Gasteiger partial charge in [-0.1, -0.05) is 42.5 Å². The monoisotopic (exact) mass is 285 g/mol. The first-order valence-electron chi connectivity index (χ1n) is 7.34. The van der Waals surface area contributed by atoms with Gasteiger partial charge in [0, 0.05) is 0 Å². The quantitative estimate of drug-likeness (QED) is 0.835. The summed E-state index contributed by atoms with van der Waals surface area (Å²) in [6.45, 7) is 1.92. The second kappa shape index (κ2) is 5.35. The summed E-state index contributed by atoms with van der Waals surface area (Å²) in [4.78, 5) is 24.0. The molecule has 5 atom stereocenters. The molecule has 1 aromatic carbocycles. The molecule has 0 aliphatic heterocycles. The SMILES string of the molecule is C[C@H](NC(=O)C1C2C=CC(C2)C1C(=O)O)c1ccccc1. The van der Waals surface area contributed by atoms with Crippen LogP contribution in [0.1, 0.15) is 24.9 Å². The number of carbonyl (C=O) groups excluding carboxylic acids is 1. The van der Waals surface area contributed by atoms with Crippen LogP contribution >= 0.6 is 0 Å². The van der Waals surface area contributed by atoms with Gasteiger partial charge in [0.2, 0.25) is 5.91 Å². The fraction of sp³-hybridized carbons (Fsp3) is 0.412. The van der Waals surface area contributed by atoms with Crippen LogP contribution in [-0.4, -0.2) is 17.0 Å². The summed E-state index contributed by atoms with van der Waals surface area (Å²) in [7, 11) is 0. The van der Waals surface area contributed by atoms with Gasteiger partial charge in [-0.15, -0.1) is 0 Å². The number of allylic oxidation sites excluding steroid dienone is 2. The first-order valence-corrected chi connectivity index (χ1v) is 7.34. The van der Waals surface area contributed by atoms with Crippen molar-refractivity contribution in [3.63, 3.8) is 0 Å². The number of benzene rings is 1. The average Bonchev–Trinajstić information content (AvgIpc) is 3.08. The molecule has 4 unspecified atom stereocenters. The number of fused-ring (bicyclic) bond motifs is 2. The molecule has 0 saturated heterocycles. The summed E-state index contributed by atoms with van der Waals surface area (Å²) in [5.41, 5.74) is 1.02. The number of carbonyl (C=O) groups is 2. The maximum absolute atomic E-state index is 12.5. The lowest BCUT2D eigenvalue weighted by atomic mass is 9.82. The molecule has 21 heavy (non-hydrogen) atoms. The van der Waals surface area contributed by atoms with Gasteiger partial charge in [0.05, 0.1) is 17.9 Å². The van der Waals surface area contributed by atoms with Crippen molar-refractivity contribution in [3.05, 3.63) is 48.0 Å². The Morgan fingerprint density at radius 2 is 1.76 bits per heavy atom. The Labute approximate surface area is 123 Å². The Morgan fingerprint density at radius 3 is 2.38 bits per heavy atom. The molecule has 0 heterocycles. The number of rotatable bonds is 4. The molecule has 1 amide bonds. The highest BCUT2D eigenvalue weighted by Crippen LogP contribution is 2.48. The molecule has 2 bridgehead atoms. The fourth-order valence-corrected chi connectivity index (χ4v) is 3.65. The van der Waals surface area contributed by atoms with E-state index in [0.29, 0.717) is 0 Å². The van der Waals surface area contributed by atoms with E-state index in [1.54, 1.807) is 0 Å². The third-order valence-electron chi connectivity index (χ3n) is 4.71. The number of carboxylic acids is 1. The predicted molar refractivity (Wildman–Crippen MR) is 78.4 cm³/mol. The Morgan fingerprint density at radius 1 is 1.14 bits per heavy atom. The van der Waals surface area contributed by atoms with Crippen LogP contribution in [0.2, 0.25) is 0 Å². The topological polar surface area (TPSA) is 66.4 Å². The first kappa shape index (κ1) is 13.9. The molecule has 110 valence electrons. The maximum Gasteiger partial charge on any atom is 0.307 e. The highest BCUT2D eigenvalue weighted by Gasteiger charge is 2.51. The summed E-state index contributed by atoms with van der Waals surface area (Å²) in [6.07, 6.45) is 4.74. The van der Waals surface area contributed by atoms with Crippen LogP contribution in [0.25, 0.3) is 0 Å². The van der Waals surface area contributed by atoms with Crippen molar-refractivity contribution in [1.29, 1.82) is 0 Å². The third kappa shape index (κ3) is 2.46. The molecule has 1 saturated carbocycles. The summed E-state index contributed by atoms with van der Waals surface area (Å²) < 4.78 is 0. The number of hydrogen-bond donors (Lipinski definition) is 2. The van der Waals surface area contributed by atoms with Gasteiger partial charge in [0.1, 0.15) is 0 Å². The van der Waals surface area contributed by atoms with E-state index in [-0.39, 0.29) is 23.8 Å². The molecular formula is C17H19NO3. The summed E-state index contributed by atoms with van der Waals surface area (Å²) in [5.74, 6) is -1.95. The molecule has 2 aliphatic rings. The van der Waals surface area contributed by atoms with Crippen molar-refractivity contribution in [2.75, 3.05) is 0 Å². The van der Waals surface area contributed by atoms with Crippen molar-refractivity contribution in [2.45, 2.75) is 19.4 Å². The van der Waals surface area contributed by atoms with Gasteiger partial charge in [-0.25, -0.2) is 0 Å². The van der Waals surface area contributed by atoms with Crippen molar-refractivity contribution in [1.82, 2.24) is 5.32 Å². The van der Waals surface area contributed by atoms with Gasteiger partial charge in [-0.2, -0.15) is 0 Å². The molecule has 4 nitrogen and oxygen atoms in total. The van der Waals surface area contributed by atoms with E-state index < -0.39 is 17.8 Å². The summed E-state index contributed by atoms with van der Waals surface area (Å²) >= 11 is 0. The first-order chi connectivity index (χ1) is 10.1. The van der Waals surface area contributed by atoms with Crippen LogP contribution in [0.3, 0.4) is 0 Å². The Hall–Kier alpha value is -2.10. The zero-order valence-electron chi connectivity index (χ0n) is 11.9. The molecule has 1 fully saturated rings. The molecule has 0 spiro atoms. The largest absolute Gasteiger partial charge is 0.481 e. The maximum atomic E-state index is 12.5. The summed E-state index contributed by atoms with van der Waals surface area (Å²) in [6, 6.07) is 9.59. The minimum atomic E-state index is -0.862. The van der Waals surface area contributed by atoms with Gasteiger partial charge in [-0.3, -0.25) is 9.59 Å². The van der Waals surface area contributed by atoms with Gasteiger partial charge in [0.15, 0.2) is 0 Å². The molecular weight excluding hydrogens is 266 g/mol. The lowest BCUT2D eigenvalue weighted by Crippen LogP contribution is -2.41. The zero-order valence-corrected chi connectivity index (χ0v) is 11.9. The lowest BCUT2D eigenvalue weighted by molar-refractivity contribution is -0.148. The number of hydrogen-bond acceptors (Lipinski definition) is 2. The molecule has 2 aliphatic carbocycles. The second-order valence-corrected chi connectivity index (χ2v) is 5.98. The van der Waals surface area contributed by atoms with E-state index in [0.717, 1.165) is 12.0 Å². The van der Waals surface area contributed by atoms with Crippen molar-refractivity contribution >= 4 is 11.9 Å². The zero-order chi connectivity index (χ0) is 15.0. The number of nitrogens with one attached hydrogen (secondary N) is 1. The average molecular weight is 285 g/mol. The molecule has 1 aromatic rings. The van der Waals surface area contributed by atoms with E-state index in [1.165, 1.54) is 0 Å². The minimum Gasteiger partial charge on any atom is -0.481 e. The van der Waals surface area contributed by atoms with E-state index in [9.17, 15) is 14.7 Å². The Kier molecular flexibility index (Phi) is 3.53. The lowest BCUT2D eigenvalue weighted by Gasteiger charge is -2.25. The van der Waals surface area contributed by atoms with Crippen molar-refractivity contribution in [2.24, 2.45) is 23.7 Å². The van der Waals surface area contributed by atoms with Gasteiger partial charge >= 0.3 is 5.97 Å². The van der Waals surface area contributed by atoms with E-state index >= 15 is 0 Å². The highest BCUT2D eigenvalue weighted by atomic mass is 16.4. The smallest absolute Gasteiger partial charge is 0.307 e.